The molecular weight excluding hydrogens is 416 g/mol. The molecule has 2 aromatic carbocycles. The molecule has 1 N–H and O–H groups in total. The zero-order valence-electron chi connectivity index (χ0n) is 15.1. The highest BCUT2D eigenvalue weighted by molar-refractivity contribution is 9.10. The zero-order valence-corrected chi connectivity index (χ0v) is 17.5. The van der Waals surface area contributed by atoms with Gasteiger partial charge in [-0.1, -0.05) is 41.4 Å². The molecule has 2 aromatic rings. The molecule has 0 bridgehead atoms. The lowest BCUT2D eigenvalue weighted by Crippen LogP contribution is -2.35. The van der Waals surface area contributed by atoms with Gasteiger partial charge in [-0.2, -0.15) is 4.31 Å². The highest BCUT2D eigenvalue weighted by atomic mass is 79.9. The van der Waals surface area contributed by atoms with Crippen LogP contribution in [0.1, 0.15) is 24.5 Å². The van der Waals surface area contributed by atoms with Crippen molar-refractivity contribution in [2.24, 2.45) is 0 Å². The second-order valence-electron chi connectivity index (χ2n) is 6.16. The summed E-state index contributed by atoms with van der Waals surface area (Å²) in [5, 5.41) is 2.75. The summed E-state index contributed by atoms with van der Waals surface area (Å²) in [5.74, 6) is -0.385. The van der Waals surface area contributed by atoms with E-state index in [0.29, 0.717) is 5.69 Å². The Kier molecular flexibility index (Phi) is 6.97. The van der Waals surface area contributed by atoms with Crippen molar-refractivity contribution in [2.45, 2.75) is 31.6 Å². The van der Waals surface area contributed by atoms with Crippen LogP contribution < -0.4 is 5.32 Å². The number of benzene rings is 2. The predicted octanol–water partition coefficient (Wildman–Crippen LogP) is 3.97. The SMILES string of the molecule is CCCc1ccc(S(=O)(=O)N(C)CC(=O)Nc2ccc(Br)cc2C)cc1. The van der Waals surface area contributed by atoms with Gasteiger partial charge in [0.15, 0.2) is 0 Å². The van der Waals surface area contributed by atoms with Gasteiger partial charge in [-0.15, -0.1) is 0 Å². The molecule has 7 heteroatoms. The van der Waals surface area contributed by atoms with Crippen molar-refractivity contribution in [1.29, 1.82) is 0 Å². The second-order valence-corrected chi connectivity index (χ2v) is 9.12. The van der Waals surface area contributed by atoms with Gasteiger partial charge in [0.05, 0.1) is 11.4 Å². The molecule has 0 heterocycles. The maximum absolute atomic E-state index is 12.6. The van der Waals surface area contributed by atoms with Gasteiger partial charge in [0.25, 0.3) is 0 Å². The summed E-state index contributed by atoms with van der Waals surface area (Å²) in [7, 11) is -2.30. The third-order valence-corrected chi connectivity index (χ3v) is 6.31. The fourth-order valence-electron chi connectivity index (χ4n) is 2.54. The Balaban J connectivity index is 2.07. The fourth-order valence-corrected chi connectivity index (χ4v) is 4.14. The van der Waals surface area contributed by atoms with E-state index in [1.165, 1.54) is 7.05 Å². The molecule has 140 valence electrons. The van der Waals surface area contributed by atoms with Crippen LogP contribution in [0.4, 0.5) is 5.69 Å². The molecule has 0 saturated heterocycles. The standard InChI is InChI=1S/C19H23BrN2O3S/c1-4-5-15-6-9-17(10-7-15)26(24,25)22(3)13-19(23)21-18-11-8-16(20)12-14(18)2/h6-12H,4-5,13H2,1-3H3,(H,21,23). The smallest absolute Gasteiger partial charge is 0.243 e. The molecule has 0 aliphatic rings. The monoisotopic (exact) mass is 438 g/mol. The van der Waals surface area contributed by atoms with Gasteiger partial charge in [-0.25, -0.2) is 8.42 Å². The Morgan fingerprint density at radius 3 is 2.38 bits per heavy atom. The second kappa shape index (κ2) is 8.79. The number of sulfonamides is 1. The summed E-state index contributed by atoms with van der Waals surface area (Å²) in [5.41, 5.74) is 2.65. The Morgan fingerprint density at radius 2 is 1.81 bits per heavy atom. The van der Waals surface area contributed by atoms with E-state index in [1.54, 1.807) is 18.2 Å². The molecule has 0 atom stereocenters. The van der Waals surface area contributed by atoms with Gasteiger partial charge in [0.1, 0.15) is 0 Å². The van der Waals surface area contributed by atoms with Crippen LogP contribution in [0.3, 0.4) is 0 Å². The Labute approximate surface area is 163 Å². The van der Waals surface area contributed by atoms with E-state index in [9.17, 15) is 13.2 Å². The van der Waals surface area contributed by atoms with Crippen molar-refractivity contribution in [3.8, 4) is 0 Å². The van der Waals surface area contributed by atoms with Crippen LogP contribution in [0.15, 0.2) is 51.8 Å². The van der Waals surface area contributed by atoms with Crippen molar-refractivity contribution < 1.29 is 13.2 Å². The van der Waals surface area contributed by atoms with E-state index in [1.807, 2.05) is 31.2 Å². The van der Waals surface area contributed by atoms with Crippen LogP contribution in [0.25, 0.3) is 0 Å². The number of hydrogen-bond acceptors (Lipinski definition) is 3. The van der Waals surface area contributed by atoms with Gasteiger partial charge in [-0.3, -0.25) is 4.79 Å². The average molecular weight is 439 g/mol. The third-order valence-electron chi connectivity index (χ3n) is 4.00. The number of nitrogens with zero attached hydrogens (tertiary/aromatic N) is 1. The van der Waals surface area contributed by atoms with Crippen molar-refractivity contribution >= 4 is 37.5 Å². The van der Waals surface area contributed by atoms with E-state index < -0.39 is 10.0 Å². The first kappa shape index (κ1) is 20.6. The lowest BCUT2D eigenvalue weighted by Gasteiger charge is -2.17. The number of aryl methyl sites for hydroxylation is 2. The van der Waals surface area contributed by atoms with E-state index in [2.05, 4.69) is 28.2 Å². The number of halogens is 1. The normalized spacial score (nSPS) is 11.6. The van der Waals surface area contributed by atoms with Crippen LogP contribution >= 0.6 is 15.9 Å². The molecule has 26 heavy (non-hydrogen) atoms. The highest BCUT2D eigenvalue weighted by Crippen LogP contribution is 2.20. The van der Waals surface area contributed by atoms with E-state index in [0.717, 1.165) is 32.7 Å². The Morgan fingerprint density at radius 1 is 1.15 bits per heavy atom. The number of rotatable bonds is 7. The Hall–Kier alpha value is -1.70. The Bertz CT molecular complexity index is 880. The number of hydrogen-bond donors (Lipinski definition) is 1. The van der Waals surface area contributed by atoms with Crippen LogP contribution in [-0.4, -0.2) is 32.2 Å². The first-order valence-corrected chi connectivity index (χ1v) is 10.6. The first-order valence-electron chi connectivity index (χ1n) is 8.35. The predicted molar refractivity (Wildman–Crippen MR) is 108 cm³/mol. The van der Waals surface area contributed by atoms with Gasteiger partial charge in [0.2, 0.25) is 15.9 Å². The van der Waals surface area contributed by atoms with Crippen LogP contribution in [0, 0.1) is 6.92 Å². The highest BCUT2D eigenvalue weighted by Gasteiger charge is 2.23. The summed E-state index contributed by atoms with van der Waals surface area (Å²) < 4.78 is 27.3. The van der Waals surface area contributed by atoms with Crippen molar-refractivity contribution in [2.75, 3.05) is 18.9 Å². The molecule has 0 saturated carbocycles. The maximum atomic E-state index is 12.6. The molecule has 0 fully saturated rings. The van der Waals surface area contributed by atoms with Gasteiger partial charge < -0.3 is 5.32 Å². The number of carbonyl (C=O) groups excluding carboxylic acids is 1. The minimum Gasteiger partial charge on any atom is -0.325 e. The summed E-state index contributed by atoms with van der Waals surface area (Å²) in [4.78, 5) is 12.4. The van der Waals surface area contributed by atoms with Crippen LogP contribution in [0.5, 0.6) is 0 Å². The molecule has 0 spiro atoms. The largest absolute Gasteiger partial charge is 0.325 e. The molecule has 0 aliphatic carbocycles. The number of likely N-dealkylation sites (N-methyl/N-ethyl adjacent to an activating group) is 1. The summed E-state index contributed by atoms with van der Waals surface area (Å²) >= 11 is 3.37. The molecule has 2 rings (SSSR count). The molecule has 1 amide bonds. The summed E-state index contributed by atoms with van der Waals surface area (Å²) in [6.45, 7) is 3.69. The topological polar surface area (TPSA) is 66.5 Å². The average Bonchev–Trinajstić information content (AvgIpc) is 2.58. The molecule has 5 nitrogen and oxygen atoms in total. The molecule has 0 unspecified atom stereocenters. The molecule has 0 aliphatic heterocycles. The van der Waals surface area contributed by atoms with E-state index in [4.69, 9.17) is 0 Å². The molecular formula is C19H23BrN2O3S. The van der Waals surface area contributed by atoms with E-state index >= 15 is 0 Å². The number of nitrogens with one attached hydrogen (secondary N) is 1. The van der Waals surface area contributed by atoms with Gasteiger partial charge >= 0.3 is 0 Å². The number of anilines is 1. The lowest BCUT2D eigenvalue weighted by atomic mass is 10.1. The first-order chi connectivity index (χ1) is 12.2. The molecule has 0 radical (unpaired) electrons. The quantitative estimate of drug-likeness (QED) is 0.710. The van der Waals surface area contributed by atoms with Crippen molar-refractivity contribution in [3.63, 3.8) is 0 Å². The fraction of sp³-hybridized carbons (Fsp3) is 0.316. The number of amides is 1. The number of carbonyl (C=O) groups is 1. The maximum Gasteiger partial charge on any atom is 0.243 e. The van der Waals surface area contributed by atoms with Gasteiger partial charge in [-0.05, 0) is 54.8 Å². The minimum atomic E-state index is -3.71. The van der Waals surface area contributed by atoms with Crippen LogP contribution in [-0.2, 0) is 21.2 Å². The minimum absolute atomic E-state index is 0.187. The van der Waals surface area contributed by atoms with Gasteiger partial charge in [0, 0.05) is 17.2 Å². The van der Waals surface area contributed by atoms with Crippen molar-refractivity contribution in [3.05, 3.63) is 58.1 Å². The molecule has 0 aromatic heterocycles. The van der Waals surface area contributed by atoms with E-state index in [-0.39, 0.29) is 17.3 Å². The zero-order chi connectivity index (χ0) is 19.3. The third kappa shape index (κ3) is 5.16. The van der Waals surface area contributed by atoms with Crippen molar-refractivity contribution in [1.82, 2.24) is 4.31 Å². The van der Waals surface area contributed by atoms with Crippen LogP contribution in [0.2, 0.25) is 0 Å². The summed E-state index contributed by atoms with van der Waals surface area (Å²) in [6.07, 6.45) is 1.91. The lowest BCUT2D eigenvalue weighted by molar-refractivity contribution is -0.116. The summed E-state index contributed by atoms with van der Waals surface area (Å²) in [6, 6.07) is 12.3.